The Labute approximate surface area is 104 Å². The van der Waals surface area contributed by atoms with E-state index in [0.29, 0.717) is 0 Å². The van der Waals surface area contributed by atoms with E-state index in [-0.39, 0.29) is 7.12 Å². The van der Waals surface area contributed by atoms with Crippen LogP contribution in [-0.4, -0.2) is 7.12 Å². The van der Waals surface area contributed by atoms with Crippen LogP contribution in [0.1, 0.15) is 39.0 Å². The maximum absolute atomic E-state index is 5.63. The minimum Gasteiger partial charge on any atom is -0.520 e. The molecule has 3 heteroatoms. The van der Waals surface area contributed by atoms with Gasteiger partial charge in [0.2, 0.25) is 0 Å². The van der Waals surface area contributed by atoms with Gasteiger partial charge >= 0.3 is 7.12 Å². The maximum Gasteiger partial charge on any atom is 0.624 e. The van der Waals surface area contributed by atoms with Gasteiger partial charge in [-0.2, -0.15) is 0 Å². The third kappa shape index (κ3) is 3.55. The Hall–Kier alpha value is -1.38. The zero-order valence-corrected chi connectivity index (χ0v) is 10.4. The van der Waals surface area contributed by atoms with E-state index in [4.69, 9.17) is 9.31 Å². The maximum atomic E-state index is 5.63. The summed E-state index contributed by atoms with van der Waals surface area (Å²) in [6.45, 7) is 2.23. The second-order valence-electron chi connectivity index (χ2n) is 4.33. The van der Waals surface area contributed by atoms with Crippen molar-refractivity contribution in [2.24, 2.45) is 0 Å². The van der Waals surface area contributed by atoms with Crippen LogP contribution in [-0.2, 0) is 0 Å². The van der Waals surface area contributed by atoms with Crippen molar-refractivity contribution in [1.29, 1.82) is 0 Å². The predicted molar refractivity (Wildman–Crippen MR) is 71.4 cm³/mol. The molecule has 1 aromatic rings. The molecule has 17 heavy (non-hydrogen) atoms. The Morgan fingerprint density at radius 1 is 1.06 bits per heavy atom. The van der Waals surface area contributed by atoms with Gasteiger partial charge in [-0.05, 0) is 30.9 Å². The molecule has 0 saturated carbocycles. The van der Waals surface area contributed by atoms with Gasteiger partial charge in [0.05, 0.1) is 0 Å². The molecule has 0 aromatic heterocycles. The molecule has 0 N–H and O–H groups in total. The minimum absolute atomic E-state index is 0.237. The summed E-state index contributed by atoms with van der Waals surface area (Å²) in [6.07, 6.45) is 8.45. The number of allylic oxidation sites excluding steroid dienone is 1. The highest BCUT2D eigenvalue weighted by Gasteiger charge is 2.28. The second-order valence-corrected chi connectivity index (χ2v) is 4.33. The molecule has 0 radical (unpaired) electrons. The average molecular weight is 230 g/mol. The standard InChI is InChI=1S/C14H19BO2/c1-2-3-4-5-6-9-12-15-16-13-10-7-8-11-14(13)17-15/h7-12H,2-6H2,1H3. The summed E-state index contributed by atoms with van der Waals surface area (Å²) in [4.78, 5) is 0. The van der Waals surface area contributed by atoms with Gasteiger partial charge in [0, 0.05) is 0 Å². The fourth-order valence-corrected chi connectivity index (χ4v) is 1.89. The first-order valence-electron chi connectivity index (χ1n) is 6.49. The van der Waals surface area contributed by atoms with E-state index in [2.05, 4.69) is 13.0 Å². The number of hydrogen-bond acceptors (Lipinski definition) is 2. The monoisotopic (exact) mass is 230 g/mol. The summed E-state index contributed by atoms with van der Waals surface area (Å²) in [5, 5.41) is 0. The SMILES string of the molecule is CCCCCCC=CB1Oc2ccccc2O1. The highest BCUT2D eigenvalue weighted by atomic mass is 16.6. The van der Waals surface area contributed by atoms with Crippen LogP contribution >= 0.6 is 0 Å². The molecule has 1 heterocycles. The van der Waals surface area contributed by atoms with Crippen LogP contribution in [0, 0.1) is 0 Å². The van der Waals surface area contributed by atoms with Gasteiger partial charge < -0.3 is 9.31 Å². The normalized spacial score (nSPS) is 13.6. The van der Waals surface area contributed by atoms with Crippen molar-refractivity contribution in [3.8, 4) is 11.5 Å². The van der Waals surface area contributed by atoms with Crippen LogP contribution in [0.25, 0.3) is 0 Å². The third-order valence-electron chi connectivity index (χ3n) is 2.85. The van der Waals surface area contributed by atoms with Crippen LogP contribution in [0.15, 0.2) is 36.3 Å². The lowest BCUT2D eigenvalue weighted by atomic mass is 9.90. The highest BCUT2D eigenvalue weighted by Crippen LogP contribution is 2.32. The number of benzene rings is 1. The van der Waals surface area contributed by atoms with E-state index in [0.717, 1.165) is 17.9 Å². The van der Waals surface area contributed by atoms with E-state index in [9.17, 15) is 0 Å². The zero-order chi connectivity index (χ0) is 11.9. The van der Waals surface area contributed by atoms with Crippen molar-refractivity contribution in [3.05, 3.63) is 36.3 Å². The summed E-state index contributed by atoms with van der Waals surface area (Å²) in [5.74, 6) is 3.69. The first kappa shape index (κ1) is 12.1. The van der Waals surface area contributed by atoms with Gasteiger partial charge in [0.25, 0.3) is 0 Å². The van der Waals surface area contributed by atoms with Gasteiger partial charge in [0.1, 0.15) is 11.5 Å². The van der Waals surface area contributed by atoms with E-state index < -0.39 is 0 Å². The quantitative estimate of drug-likeness (QED) is 0.543. The van der Waals surface area contributed by atoms with Gasteiger partial charge in [-0.3, -0.25) is 0 Å². The topological polar surface area (TPSA) is 18.5 Å². The van der Waals surface area contributed by atoms with Gasteiger partial charge in [0.15, 0.2) is 0 Å². The van der Waals surface area contributed by atoms with E-state index in [1.54, 1.807) is 0 Å². The summed E-state index contributed by atoms with van der Waals surface area (Å²) in [5.41, 5.74) is 0. The predicted octanol–water partition coefficient (Wildman–Crippen LogP) is 4.01. The molecule has 1 aliphatic rings. The largest absolute Gasteiger partial charge is 0.624 e. The Morgan fingerprint density at radius 2 is 1.76 bits per heavy atom. The summed E-state index contributed by atoms with van der Waals surface area (Å²) in [7, 11) is -0.237. The second kappa shape index (κ2) is 6.38. The molecule has 0 unspecified atom stereocenters. The Kier molecular flexibility index (Phi) is 4.54. The van der Waals surface area contributed by atoms with Crippen LogP contribution in [0.4, 0.5) is 0 Å². The molecular formula is C14H19BO2. The first-order chi connectivity index (χ1) is 8.40. The van der Waals surface area contributed by atoms with Crippen LogP contribution < -0.4 is 9.31 Å². The smallest absolute Gasteiger partial charge is 0.520 e. The number of hydrogen-bond donors (Lipinski definition) is 0. The number of fused-ring (bicyclic) bond motifs is 1. The van der Waals surface area contributed by atoms with Crippen LogP contribution in [0.3, 0.4) is 0 Å². The van der Waals surface area contributed by atoms with Crippen molar-refractivity contribution in [3.63, 3.8) is 0 Å². The Morgan fingerprint density at radius 3 is 2.41 bits per heavy atom. The molecule has 0 aliphatic carbocycles. The molecule has 0 bridgehead atoms. The molecule has 1 aliphatic heterocycles. The van der Waals surface area contributed by atoms with E-state index in [1.807, 2.05) is 30.2 Å². The fourth-order valence-electron chi connectivity index (χ4n) is 1.89. The molecule has 90 valence electrons. The molecule has 0 atom stereocenters. The van der Waals surface area contributed by atoms with Gasteiger partial charge in [-0.15, -0.1) is 0 Å². The molecule has 0 saturated heterocycles. The van der Waals surface area contributed by atoms with Crippen molar-refractivity contribution in [2.45, 2.75) is 39.0 Å². The lowest BCUT2D eigenvalue weighted by molar-refractivity contribution is 0.517. The van der Waals surface area contributed by atoms with Gasteiger partial charge in [-0.25, -0.2) is 0 Å². The summed E-state index contributed by atoms with van der Waals surface area (Å²) in [6, 6.07) is 7.78. The number of unbranched alkanes of at least 4 members (excludes halogenated alkanes) is 4. The molecule has 0 spiro atoms. The number of rotatable bonds is 6. The van der Waals surface area contributed by atoms with Crippen molar-refractivity contribution < 1.29 is 9.31 Å². The van der Waals surface area contributed by atoms with Crippen LogP contribution in [0.5, 0.6) is 11.5 Å². The summed E-state index contributed by atoms with van der Waals surface area (Å²) < 4.78 is 11.3. The Balaban J connectivity index is 1.70. The molecule has 1 aromatic carbocycles. The molecule has 2 rings (SSSR count). The number of para-hydroxylation sites is 2. The van der Waals surface area contributed by atoms with Gasteiger partial charge in [-0.1, -0.05) is 44.4 Å². The van der Waals surface area contributed by atoms with Crippen LogP contribution in [0.2, 0.25) is 0 Å². The zero-order valence-electron chi connectivity index (χ0n) is 10.4. The van der Waals surface area contributed by atoms with Crippen molar-refractivity contribution >= 4 is 7.12 Å². The van der Waals surface area contributed by atoms with E-state index in [1.165, 1.54) is 25.7 Å². The average Bonchev–Trinajstić information content (AvgIpc) is 2.76. The fraction of sp³-hybridized carbons (Fsp3) is 0.429. The lowest BCUT2D eigenvalue weighted by Crippen LogP contribution is -2.21. The lowest BCUT2D eigenvalue weighted by Gasteiger charge is -1.98. The molecular weight excluding hydrogens is 211 g/mol. The Bertz CT molecular complexity index is 351. The van der Waals surface area contributed by atoms with Crippen molar-refractivity contribution in [1.82, 2.24) is 0 Å². The first-order valence-corrected chi connectivity index (χ1v) is 6.49. The third-order valence-corrected chi connectivity index (χ3v) is 2.85. The summed E-state index contributed by atoms with van der Waals surface area (Å²) >= 11 is 0. The highest BCUT2D eigenvalue weighted by molar-refractivity contribution is 6.53. The molecule has 2 nitrogen and oxygen atoms in total. The molecule has 0 fully saturated rings. The van der Waals surface area contributed by atoms with E-state index >= 15 is 0 Å². The minimum atomic E-state index is -0.237. The van der Waals surface area contributed by atoms with Crippen molar-refractivity contribution in [2.75, 3.05) is 0 Å². The molecule has 0 amide bonds.